The van der Waals surface area contributed by atoms with Crippen LogP contribution in [0.5, 0.6) is 0 Å². The van der Waals surface area contributed by atoms with E-state index in [-0.39, 0.29) is 0 Å². The van der Waals surface area contributed by atoms with Crippen molar-refractivity contribution in [2.24, 2.45) is 5.73 Å². The molecule has 7 nitrogen and oxygen atoms in total. The molecule has 1 aromatic rings. The Balaban J connectivity index is 2.47. The van der Waals surface area contributed by atoms with E-state index in [1.165, 1.54) is 4.80 Å². The summed E-state index contributed by atoms with van der Waals surface area (Å²) in [5, 5.41) is 11.9. The summed E-state index contributed by atoms with van der Waals surface area (Å²) in [5.41, 5.74) is 4.36. The van der Waals surface area contributed by atoms with Crippen LogP contribution in [0.2, 0.25) is 0 Å². The van der Waals surface area contributed by atoms with E-state index in [2.05, 4.69) is 15.4 Å². The van der Waals surface area contributed by atoms with Crippen LogP contribution in [0.4, 0.5) is 4.79 Å². The highest BCUT2D eigenvalue weighted by atomic mass is 16.6. The third-order valence-electron chi connectivity index (χ3n) is 2.10. The summed E-state index contributed by atoms with van der Waals surface area (Å²) >= 11 is 0. The molecule has 0 saturated heterocycles. The minimum atomic E-state index is -0.768. The standard InChI is InChI=1S/C9H17N5O2/c1-4-14-12-7(11-13-14)5-6-9(2,3)16-8(10)15/h4-6H2,1-3H3,(H2,10,15). The van der Waals surface area contributed by atoms with Crippen LogP contribution in [0.25, 0.3) is 0 Å². The lowest BCUT2D eigenvalue weighted by atomic mass is 10.0. The van der Waals surface area contributed by atoms with Gasteiger partial charge in [-0.15, -0.1) is 10.2 Å². The largest absolute Gasteiger partial charge is 0.444 e. The molecule has 0 aliphatic heterocycles. The maximum Gasteiger partial charge on any atom is 0.405 e. The number of rotatable bonds is 5. The second-order valence-electron chi connectivity index (χ2n) is 4.07. The number of aromatic nitrogens is 4. The van der Waals surface area contributed by atoms with Gasteiger partial charge in [0.05, 0.1) is 6.54 Å². The second-order valence-corrected chi connectivity index (χ2v) is 4.07. The maximum atomic E-state index is 10.6. The first-order chi connectivity index (χ1) is 7.43. The van der Waals surface area contributed by atoms with E-state index in [4.69, 9.17) is 10.5 Å². The van der Waals surface area contributed by atoms with Gasteiger partial charge in [-0.2, -0.15) is 4.80 Å². The Labute approximate surface area is 93.9 Å². The molecule has 1 heterocycles. The summed E-state index contributed by atoms with van der Waals surface area (Å²) < 4.78 is 4.95. The summed E-state index contributed by atoms with van der Waals surface area (Å²) in [6, 6.07) is 0. The molecule has 0 spiro atoms. The van der Waals surface area contributed by atoms with Crippen molar-refractivity contribution in [2.45, 2.75) is 45.8 Å². The number of nitrogens with two attached hydrogens (primary N) is 1. The van der Waals surface area contributed by atoms with E-state index < -0.39 is 11.7 Å². The molecule has 16 heavy (non-hydrogen) atoms. The molecule has 0 radical (unpaired) electrons. The second kappa shape index (κ2) is 4.91. The van der Waals surface area contributed by atoms with Crippen molar-refractivity contribution < 1.29 is 9.53 Å². The van der Waals surface area contributed by atoms with Crippen molar-refractivity contribution in [3.05, 3.63) is 5.82 Å². The van der Waals surface area contributed by atoms with E-state index in [1.807, 2.05) is 6.92 Å². The minimum absolute atomic E-state index is 0.598. The fourth-order valence-corrected chi connectivity index (χ4v) is 1.25. The number of carbonyl (C=O) groups is 1. The van der Waals surface area contributed by atoms with Crippen LogP contribution in [0.15, 0.2) is 0 Å². The van der Waals surface area contributed by atoms with Gasteiger partial charge in [-0.25, -0.2) is 4.79 Å². The molecule has 0 aliphatic rings. The molecule has 0 unspecified atom stereocenters. The van der Waals surface area contributed by atoms with Gasteiger partial charge in [-0.05, 0) is 32.4 Å². The molecule has 90 valence electrons. The highest BCUT2D eigenvalue weighted by Gasteiger charge is 2.22. The lowest BCUT2D eigenvalue weighted by Crippen LogP contribution is -2.31. The van der Waals surface area contributed by atoms with Crippen molar-refractivity contribution in [1.29, 1.82) is 0 Å². The number of aryl methyl sites for hydroxylation is 2. The summed E-state index contributed by atoms with van der Waals surface area (Å²) in [5.74, 6) is 0.642. The number of carbonyl (C=O) groups excluding carboxylic acids is 1. The molecule has 1 rings (SSSR count). The summed E-state index contributed by atoms with van der Waals surface area (Å²) in [7, 11) is 0. The van der Waals surface area contributed by atoms with Gasteiger partial charge in [0.25, 0.3) is 0 Å². The monoisotopic (exact) mass is 227 g/mol. The first-order valence-electron chi connectivity index (χ1n) is 5.18. The Kier molecular flexibility index (Phi) is 3.81. The lowest BCUT2D eigenvalue weighted by Gasteiger charge is -2.22. The minimum Gasteiger partial charge on any atom is -0.444 e. The summed E-state index contributed by atoms with van der Waals surface area (Å²) in [6.07, 6.45) is 0.432. The van der Waals surface area contributed by atoms with Crippen LogP contribution in [-0.4, -0.2) is 31.9 Å². The Morgan fingerprint density at radius 2 is 2.25 bits per heavy atom. The van der Waals surface area contributed by atoms with Gasteiger partial charge in [-0.1, -0.05) is 0 Å². The van der Waals surface area contributed by atoms with Crippen molar-refractivity contribution in [2.75, 3.05) is 0 Å². The van der Waals surface area contributed by atoms with Crippen molar-refractivity contribution in [3.63, 3.8) is 0 Å². The fourth-order valence-electron chi connectivity index (χ4n) is 1.25. The average molecular weight is 227 g/mol. The smallest absolute Gasteiger partial charge is 0.405 e. The molecule has 2 N–H and O–H groups in total. The number of ether oxygens (including phenoxy) is 1. The van der Waals surface area contributed by atoms with Crippen molar-refractivity contribution >= 4 is 6.09 Å². The van der Waals surface area contributed by atoms with E-state index in [9.17, 15) is 4.79 Å². The van der Waals surface area contributed by atoms with Gasteiger partial charge in [0.15, 0.2) is 5.82 Å². The first kappa shape index (κ1) is 12.4. The van der Waals surface area contributed by atoms with Gasteiger partial charge in [0, 0.05) is 6.42 Å². The number of hydrogen-bond acceptors (Lipinski definition) is 5. The SMILES string of the molecule is CCn1nnc(CCC(C)(C)OC(N)=O)n1. The van der Waals surface area contributed by atoms with E-state index in [0.29, 0.717) is 25.2 Å². The van der Waals surface area contributed by atoms with Crippen LogP contribution in [0.3, 0.4) is 0 Å². The molecular formula is C9H17N5O2. The van der Waals surface area contributed by atoms with Gasteiger partial charge < -0.3 is 10.5 Å². The van der Waals surface area contributed by atoms with E-state index in [1.54, 1.807) is 13.8 Å². The quantitative estimate of drug-likeness (QED) is 0.790. The molecule has 0 fully saturated rings. The van der Waals surface area contributed by atoms with E-state index >= 15 is 0 Å². The molecule has 7 heteroatoms. The van der Waals surface area contributed by atoms with E-state index in [0.717, 1.165) is 0 Å². The summed E-state index contributed by atoms with van der Waals surface area (Å²) in [6.45, 7) is 6.21. The van der Waals surface area contributed by atoms with Crippen LogP contribution in [0, 0.1) is 0 Å². The number of primary amides is 1. The Hall–Kier alpha value is -1.66. The molecule has 0 atom stereocenters. The van der Waals surface area contributed by atoms with Gasteiger partial charge >= 0.3 is 6.09 Å². The van der Waals surface area contributed by atoms with Gasteiger partial charge in [-0.3, -0.25) is 0 Å². The molecule has 0 aliphatic carbocycles. The zero-order chi connectivity index (χ0) is 12.2. The predicted molar refractivity (Wildman–Crippen MR) is 56.6 cm³/mol. The predicted octanol–water partition coefficient (Wildman–Crippen LogP) is 0.500. The van der Waals surface area contributed by atoms with Crippen LogP contribution < -0.4 is 5.73 Å². The van der Waals surface area contributed by atoms with Gasteiger partial charge in [0.2, 0.25) is 0 Å². The lowest BCUT2D eigenvalue weighted by molar-refractivity contribution is 0.0390. The van der Waals surface area contributed by atoms with Crippen LogP contribution >= 0.6 is 0 Å². The number of hydrogen-bond donors (Lipinski definition) is 1. The number of tetrazole rings is 1. The third-order valence-corrected chi connectivity index (χ3v) is 2.10. The average Bonchev–Trinajstić information content (AvgIpc) is 2.60. The Morgan fingerprint density at radius 1 is 1.56 bits per heavy atom. The van der Waals surface area contributed by atoms with Crippen molar-refractivity contribution in [1.82, 2.24) is 20.2 Å². The zero-order valence-corrected chi connectivity index (χ0v) is 9.80. The normalized spacial score (nSPS) is 11.4. The number of amides is 1. The highest BCUT2D eigenvalue weighted by molar-refractivity contribution is 5.65. The molecular weight excluding hydrogens is 210 g/mol. The topological polar surface area (TPSA) is 95.9 Å². The molecule has 1 aromatic heterocycles. The zero-order valence-electron chi connectivity index (χ0n) is 9.80. The van der Waals surface area contributed by atoms with Crippen LogP contribution in [-0.2, 0) is 17.7 Å². The molecule has 0 aromatic carbocycles. The molecule has 0 saturated carbocycles. The van der Waals surface area contributed by atoms with Crippen LogP contribution in [0.1, 0.15) is 33.0 Å². The fraction of sp³-hybridized carbons (Fsp3) is 0.778. The highest BCUT2D eigenvalue weighted by Crippen LogP contribution is 2.16. The Bertz CT molecular complexity index is 361. The Morgan fingerprint density at radius 3 is 2.75 bits per heavy atom. The molecule has 1 amide bonds. The summed E-state index contributed by atoms with van der Waals surface area (Å²) in [4.78, 5) is 12.1. The maximum absolute atomic E-state index is 10.6. The molecule has 0 bridgehead atoms. The number of nitrogens with zero attached hydrogens (tertiary/aromatic N) is 4. The first-order valence-corrected chi connectivity index (χ1v) is 5.18. The van der Waals surface area contributed by atoms with Crippen molar-refractivity contribution in [3.8, 4) is 0 Å². The third kappa shape index (κ3) is 3.84. The van der Waals surface area contributed by atoms with Gasteiger partial charge in [0.1, 0.15) is 5.60 Å².